The summed E-state index contributed by atoms with van der Waals surface area (Å²) in [5, 5.41) is 11.3. The van der Waals surface area contributed by atoms with Crippen molar-refractivity contribution >= 4 is 5.97 Å². The highest BCUT2D eigenvalue weighted by molar-refractivity contribution is 5.81. The summed E-state index contributed by atoms with van der Waals surface area (Å²) in [4.78, 5) is 13.0. The number of hydrogen-bond acceptors (Lipinski definition) is 3. The van der Waals surface area contributed by atoms with Gasteiger partial charge >= 0.3 is 5.97 Å². The minimum atomic E-state index is -2.93. The first-order valence-electron chi connectivity index (χ1n) is 9.41. The Morgan fingerprint density at radius 1 is 1.18 bits per heavy atom. The second-order valence-electron chi connectivity index (χ2n) is 8.56. The average Bonchev–Trinajstić information content (AvgIpc) is 2.97. The van der Waals surface area contributed by atoms with Crippen molar-refractivity contribution in [3.63, 3.8) is 0 Å². The molecule has 3 rings (SSSR count). The van der Waals surface area contributed by atoms with Crippen LogP contribution in [-0.4, -0.2) is 54.8 Å². The van der Waals surface area contributed by atoms with E-state index in [9.17, 15) is 23.1 Å². The molecule has 0 unspecified atom stereocenters. The van der Waals surface area contributed by atoms with Crippen LogP contribution >= 0.6 is 0 Å². The summed E-state index contributed by atoms with van der Waals surface area (Å²) in [6.07, 6.45) is -0.0193. The van der Waals surface area contributed by atoms with Gasteiger partial charge in [-0.05, 0) is 24.1 Å². The van der Waals surface area contributed by atoms with Crippen molar-refractivity contribution in [1.29, 1.82) is 0 Å². The van der Waals surface area contributed by atoms with Gasteiger partial charge in [-0.2, -0.15) is 0 Å². The second-order valence-corrected chi connectivity index (χ2v) is 8.56. The molecule has 1 aromatic rings. The number of nitrogens with zero attached hydrogens (tertiary/aromatic N) is 1. The maximum atomic E-state index is 13.8. The molecule has 0 aromatic heterocycles. The molecular formula is C20H27BrF3NO3. The van der Waals surface area contributed by atoms with Gasteiger partial charge in [0.25, 0.3) is 0 Å². The number of alkyl halides is 2. The first-order chi connectivity index (χ1) is 12.5. The Kier molecular flexibility index (Phi) is 6.88. The zero-order chi connectivity index (χ0) is 19.9. The van der Waals surface area contributed by atoms with Crippen molar-refractivity contribution < 1.29 is 49.3 Å². The number of esters is 1. The van der Waals surface area contributed by atoms with Gasteiger partial charge in [-0.1, -0.05) is 12.1 Å². The number of benzene rings is 1. The fraction of sp³-hybridized carbons (Fsp3) is 0.650. The summed E-state index contributed by atoms with van der Waals surface area (Å²) >= 11 is 0. The lowest BCUT2D eigenvalue weighted by molar-refractivity contribution is -0.896. The molecule has 28 heavy (non-hydrogen) atoms. The van der Waals surface area contributed by atoms with Gasteiger partial charge in [-0.25, -0.2) is 18.0 Å². The van der Waals surface area contributed by atoms with Gasteiger partial charge in [0.2, 0.25) is 5.92 Å². The maximum Gasteiger partial charge on any atom is 0.343 e. The quantitative estimate of drug-likeness (QED) is 0.511. The predicted molar refractivity (Wildman–Crippen MR) is 93.5 cm³/mol. The Balaban J connectivity index is 0.00000280. The molecule has 1 heterocycles. The van der Waals surface area contributed by atoms with E-state index in [-0.39, 0.29) is 41.5 Å². The van der Waals surface area contributed by atoms with Gasteiger partial charge in [-0.3, -0.25) is 0 Å². The fourth-order valence-electron chi connectivity index (χ4n) is 4.13. The molecule has 0 amide bonds. The highest BCUT2D eigenvalue weighted by Gasteiger charge is 2.55. The average molecular weight is 466 g/mol. The van der Waals surface area contributed by atoms with Crippen molar-refractivity contribution in [1.82, 2.24) is 0 Å². The molecule has 0 radical (unpaired) electrons. The van der Waals surface area contributed by atoms with E-state index in [0.29, 0.717) is 12.8 Å². The fourth-order valence-corrected chi connectivity index (χ4v) is 4.13. The van der Waals surface area contributed by atoms with E-state index >= 15 is 0 Å². The number of piperidine rings is 1. The van der Waals surface area contributed by atoms with Crippen LogP contribution in [0.3, 0.4) is 0 Å². The van der Waals surface area contributed by atoms with E-state index in [1.165, 1.54) is 12.1 Å². The van der Waals surface area contributed by atoms with Crippen molar-refractivity contribution in [3.05, 3.63) is 35.6 Å². The summed E-state index contributed by atoms with van der Waals surface area (Å²) in [5.74, 6) is -5.33. The number of halogens is 4. The molecule has 2 aliphatic rings. The first kappa shape index (κ1) is 23.2. The number of likely N-dealkylation sites (tertiary alicyclic amines) is 1. The number of hydrogen-bond donors (Lipinski definition) is 1. The van der Waals surface area contributed by atoms with Gasteiger partial charge in [0, 0.05) is 31.6 Å². The van der Waals surface area contributed by atoms with Crippen LogP contribution in [-0.2, 0) is 15.1 Å². The topological polar surface area (TPSA) is 46.5 Å². The predicted octanol–water partition coefficient (Wildman–Crippen LogP) is 0.235. The van der Waals surface area contributed by atoms with E-state index in [2.05, 4.69) is 14.1 Å². The molecular weight excluding hydrogens is 439 g/mol. The number of quaternary nitrogens is 1. The lowest BCUT2D eigenvalue weighted by Gasteiger charge is -2.38. The largest absolute Gasteiger partial charge is 1.00 e. The summed E-state index contributed by atoms with van der Waals surface area (Å²) < 4.78 is 47.3. The van der Waals surface area contributed by atoms with E-state index in [1.807, 2.05) is 0 Å². The van der Waals surface area contributed by atoms with E-state index in [4.69, 9.17) is 4.74 Å². The Morgan fingerprint density at radius 3 is 2.25 bits per heavy atom. The van der Waals surface area contributed by atoms with Crippen LogP contribution in [0.1, 0.15) is 37.7 Å². The Bertz CT molecular complexity index is 688. The summed E-state index contributed by atoms with van der Waals surface area (Å²) in [6.45, 7) is 1.66. The maximum absolute atomic E-state index is 13.8. The smallest absolute Gasteiger partial charge is 0.343 e. The summed E-state index contributed by atoms with van der Waals surface area (Å²) in [5.41, 5.74) is -2.10. The summed E-state index contributed by atoms with van der Waals surface area (Å²) in [7, 11) is 4.18. The number of carbonyl (C=O) groups is 1. The third-order valence-corrected chi connectivity index (χ3v) is 5.98. The van der Waals surface area contributed by atoms with Crippen molar-refractivity contribution in [2.75, 3.05) is 27.2 Å². The molecule has 1 saturated heterocycles. The summed E-state index contributed by atoms with van der Waals surface area (Å²) in [6, 6.07) is 4.77. The molecule has 1 N–H and O–H groups in total. The Hall–Kier alpha value is -1.12. The first-order valence-corrected chi connectivity index (χ1v) is 9.41. The monoisotopic (exact) mass is 465 g/mol. The van der Waals surface area contributed by atoms with Crippen molar-refractivity contribution in [3.8, 4) is 0 Å². The van der Waals surface area contributed by atoms with Crippen LogP contribution in [0.4, 0.5) is 13.2 Å². The highest BCUT2D eigenvalue weighted by Crippen LogP contribution is 2.48. The Morgan fingerprint density at radius 2 is 1.75 bits per heavy atom. The highest BCUT2D eigenvalue weighted by atomic mass is 79.9. The number of rotatable bonds is 4. The zero-order valence-electron chi connectivity index (χ0n) is 16.1. The SMILES string of the molecule is C[N+]1(C)CCC(OC(=O)[C@](O)(c2ccc(F)cc2)[C@@H]2CCC(F)(F)C2)CC1.[Br-]. The normalized spacial score (nSPS) is 26.1. The van der Waals surface area contributed by atoms with Crippen LogP contribution in [0.15, 0.2) is 24.3 Å². The van der Waals surface area contributed by atoms with Gasteiger partial charge < -0.3 is 31.3 Å². The third-order valence-electron chi connectivity index (χ3n) is 5.98. The molecule has 0 bridgehead atoms. The Labute approximate surface area is 174 Å². The van der Waals surface area contributed by atoms with Crippen LogP contribution in [0, 0.1) is 11.7 Å². The number of ether oxygens (including phenoxy) is 1. The number of carbonyl (C=O) groups excluding carboxylic acids is 1. The zero-order valence-corrected chi connectivity index (χ0v) is 17.7. The van der Waals surface area contributed by atoms with Crippen molar-refractivity contribution in [2.24, 2.45) is 5.92 Å². The van der Waals surface area contributed by atoms with Crippen molar-refractivity contribution in [2.45, 2.75) is 49.7 Å². The van der Waals surface area contributed by atoms with Gasteiger partial charge in [0.1, 0.15) is 11.9 Å². The van der Waals surface area contributed by atoms with Crippen LogP contribution in [0.25, 0.3) is 0 Å². The second kappa shape index (κ2) is 8.32. The van der Waals surface area contributed by atoms with E-state index < -0.39 is 35.6 Å². The molecule has 1 aliphatic heterocycles. The number of aliphatic hydroxyl groups is 1. The van der Waals surface area contributed by atoms with Crippen LogP contribution < -0.4 is 17.0 Å². The van der Waals surface area contributed by atoms with E-state index in [0.717, 1.165) is 29.7 Å². The van der Waals surface area contributed by atoms with Gasteiger partial charge in [0.15, 0.2) is 5.60 Å². The molecule has 1 saturated carbocycles. The molecule has 158 valence electrons. The van der Waals surface area contributed by atoms with Gasteiger partial charge in [-0.15, -0.1) is 0 Å². The molecule has 2 atom stereocenters. The minimum Gasteiger partial charge on any atom is -1.00 e. The van der Waals surface area contributed by atoms with E-state index in [1.54, 1.807) is 0 Å². The lowest BCUT2D eigenvalue weighted by Crippen LogP contribution is -3.00. The minimum absolute atomic E-state index is 0. The standard InChI is InChI=1S/C20H27F3NO3.BrH/c1-24(2)11-8-17(9-12-24)27-18(25)20(26,14-3-5-16(21)6-4-14)15-7-10-19(22,23)13-15;/h3-6,15,17,26H,7-13H2,1-2H3;1H/q+1;/p-1/t15-,20+;/m1./s1. The molecule has 1 aliphatic carbocycles. The molecule has 0 spiro atoms. The molecule has 1 aromatic carbocycles. The molecule has 8 heteroatoms. The van der Waals surface area contributed by atoms with Crippen LogP contribution in [0.5, 0.6) is 0 Å². The third kappa shape index (κ3) is 4.89. The molecule has 2 fully saturated rings. The van der Waals surface area contributed by atoms with Crippen LogP contribution in [0.2, 0.25) is 0 Å². The molecule has 4 nitrogen and oxygen atoms in total. The van der Waals surface area contributed by atoms with Gasteiger partial charge in [0.05, 0.1) is 27.2 Å². The lowest BCUT2D eigenvalue weighted by atomic mass is 9.80.